The first-order valence-corrected chi connectivity index (χ1v) is 9.57. The summed E-state index contributed by atoms with van der Waals surface area (Å²) in [6, 6.07) is 5.55. The Balaban J connectivity index is 1.40. The van der Waals surface area contributed by atoms with E-state index in [4.69, 9.17) is 5.11 Å². The summed E-state index contributed by atoms with van der Waals surface area (Å²) in [4.78, 5) is 23.9. The highest BCUT2D eigenvalue weighted by molar-refractivity contribution is 5.97. The van der Waals surface area contributed by atoms with Gasteiger partial charge in [-0.2, -0.15) is 0 Å². The van der Waals surface area contributed by atoms with E-state index in [0.29, 0.717) is 17.2 Å². The van der Waals surface area contributed by atoms with Crippen molar-refractivity contribution in [2.45, 2.75) is 39.8 Å². The van der Waals surface area contributed by atoms with Crippen LogP contribution in [-0.4, -0.2) is 54.0 Å². The van der Waals surface area contributed by atoms with Crippen LogP contribution in [0, 0.1) is 19.8 Å². The lowest BCUT2D eigenvalue weighted by Crippen LogP contribution is -2.39. The van der Waals surface area contributed by atoms with Gasteiger partial charge in [-0.05, 0) is 50.8 Å². The maximum Gasteiger partial charge on any atom is 0.253 e. The van der Waals surface area contributed by atoms with E-state index < -0.39 is 0 Å². The Labute approximate surface area is 163 Å². The molecule has 0 radical (unpaired) electrons. The minimum absolute atomic E-state index is 0.0451. The molecule has 2 aromatic heterocycles. The Morgan fingerprint density at radius 2 is 1.86 bits per heavy atom. The van der Waals surface area contributed by atoms with E-state index in [1.807, 2.05) is 36.9 Å². The summed E-state index contributed by atoms with van der Waals surface area (Å²) >= 11 is 0. The Morgan fingerprint density at radius 3 is 2.54 bits per heavy atom. The molecule has 1 aliphatic rings. The van der Waals surface area contributed by atoms with Gasteiger partial charge in [0.15, 0.2) is 0 Å². The lowest BCUT2D eigenvalue weighted by Gasteiger charge is -2.32. The number of hydrogen-bond acceptors (Lipinski definition) is 6. The molecule has 1 amide bonds. The molecule has 1 N–H and O–H groups in total. The quantitative estimate of drug-likeness (QED) is 0.742. The van der Waals surface area contributed by atoms with Gasteiger partial charge in [0.2, 0.25) is 0 Å². The molecule has 0 saturated carbocycles. The summed E-state index contributed by atoms with van der Waals surface area (Å²) in [6.45, 7) is 5.99. The molecule has 8 heteroatoms. The monoisotopic (exact) mass is 380 g/mol. The van der Waals surface area contributed by atoms with Crippen LogP contribution in [0.15, 0.2) is 24.4 Å². The number of amides is 1. The summed E-state index contributed by atoms with van der Waals surface area (Å²) in [6.07, 6.45) is 3.62. The van der Waals surface area contributed by atoms with Crippen LogP contribution in [0.1, 0.15) is 40.3 Å². The molecule has 28 heavy (non-hydrogen) atoms. The fraction of sp³-hybridized carbons (Fsp3) is 0.450. The van der Waals surface area contributed by atoms with E-state index in [1.165, 1.54) is 0 Å². The summed E-state index contributed by atoms with van der Waals surface area (Å²) in [5.41, 5.74) is 4.61. The molecule has 3 heterocycles. The van der Waals surface area contributed by atoms with Gasteiger partial charge in [0.1, 0.15) is 5.69 Å². The highest BCUT2D eigenvalue weighted by Gasteiger charge is 2.24. The van der Waals surface area contributed by atoms with Crippen LogP contribution in [0.5, 0.6) is 0 Å². The smallest absolute Gasteiger partial charge is 0.253 e. The van der Waals surface area contributed by atoms with Crippen LogP contribution in [0.4, 0.5) is 0 Å². The fourth-order valence-corrected chi connectivity index (χ4v) is 3.63. The molecular formula is C20H24N6O2. The summed E-state index contributed by atoms with van der Waals surface area (Å²) in [5, 5.41) is 17.0. The number of aryl methyl sites for hydroxylation is 2. The van der Waals surface area contributed by atoms with Crippen molar-refractivity contribution < 1.29 is 9.90 Å². The number of benzene rings is 1. The first kappa shape index (κ1) is 18.5. The minimum Gasteiger partial charge on any atom is -0.390 e. The van der Waals surface area contributed by atoms with Crippen LogP contribution < -0.4 is 0 Å². The largest absolute Gasteiger partial charge is 0.390 e. The first-order valence-electron chi connectivity index (χ1n) is 9.57. The third kappa shape index (κ3) is 3.73. The molecular weight excluding hydrogens is 356 g/mol. The van der Waals surface area contributed by atoms with Gasteiger partial charge >= 0.3 is 0 Å². The molecule has 0 unspecified atom stereocenters. The molecule has 1 aliphatic heterocycles. The minimum atomic E-state index is -0.0951. The number of fused-ring (bicyclic) bond motifs is 1. The zero-order valence-electron chi connectivity index (χ0n) is 16.2. The zero-order chi connectivity index (χ0) is 19.7. The van der Waals surface area contributed by atoms with E-state index in [0.717, 1.165) is 54.9 Å². The number of aromatic nitrogens is 5. The molecule has 0 aliphatic carbocycles. The van der Waals surface area contributed by atoms with Crippen molar-refractivity contribution in [1.82, 2.24) is 29.9 Å². The second-order valence-corrected chi connectivity index (χ2v) is 7.42. The van der Waals surface area contributed by atoms with Crippen LogP contribution in [-0.2, 0) is 13.2 Å². The number of nitrogens with zero attached hydrogens (tertiary/aromatic N) is 6. The highest BCUT2D eigenvalue weighted by Crippen LogP contribution is 2.22. The van der Waals surface area contributed by atoms with Crippen molar-refractivity contribution in [2.24, 2.45) is 5.92 Å². The molecule has 1 fully saturated rings. The van der Waals surface area contributed by atoms with E-state index in [1.54, 1.807) is 10.9 Å². The van der Waals surface area contributed by atoms with Crippen LogP contribution in [0.3, 0.4) is 0 Å². The van der Waals surface area contributed by atoms with Gasteiger partial charge in [-0.1, -0.05) is 5.21 Å². The predicted molar refractivity (Wildman–Crippen MR) is 104 cm³/mol. The topological polar surface area (TPSA) is 97.0 Å². The van der Waals surface area contributed by atoms with Crippen molar-refractivity contribution in [2.75, 3.05) is 13.1 Å². The van der Waals surface area contributed by atoms with Crippen molar-refractivity contribution in [3.8, 4) is 0 Å². The lowest BCUT2D eigenvalue weighted by molar-refractivity contribution is 0.0681. The van der Waals surface area contributed by atoms with Crippen molar-refractivity contribution in [3.63, 3.8) is 0 Å². The van der Waals surface area contributed by atoms with E-state index in [-0.39, 0.29) is 12.5 Å². The normalized spacial score (nSPS) is 15.3. The van der Waals surface area contributed by atoms with Crippen LogP contribution in [0.2, 0.25) is 0 Å². The average molecular weight is 380 g/mol. The number of likely N-dealkylation sites (tertiary alicyclic amines) is 1. The third-order valence-electron chi connectivity index (χ3n) is 5.42. The first-order chi connectivity index (χ1) is 13.5. The molecule has 4 rings (SSSR count). The summed E-state index contributed by atoms with van der Waals surface area (Å²) in [7, 11) is 0. The van der Waals surface area contributed by atoms with Crippen molar-refractivity contribution in [1.29, 1.82) is 0 Å². The van der Waals surface area contributed by atoms with Gasteiger partial charge in [-0.3, -0.25) is 9.48 Å². The molecule has 0 bridgehead atoms. The van der Waals surface area contributed by atoms with Crippen molar-refractivity contribution in [3.05, 3.63) is 47.0 Å². The number of carbonyl (C=O) groups is 1. The van der Waals surface area contributed by atoms with Crippen LogP contribution >= 0.6 is 0 Å². The number of hydrogen-bond donors (Lipinski definition) is 1. The SMILES string of the molecule is Cc1nc2ccc(C(=O)N3CCC(Cn4cc(CO)nn4)CC3)cc2nc1C. The maximum atomic E-state index is 12.9. The Bertz CT molecular complexity index is 1010. The number of carbonyl (C=O) groups excluding carboxylic acids is 1. The van der Waals surface area contributed by atoms with Gasteiger partial charge in [-0.25, -0.2) is 9.97 Å². The molecule has 1 aromatic carbocycles. The average Bonchev–Trinajstić information content (AvgIpc) is 3.16. The fourth-order valence-electron chi connectivity index (χ4n) is 3.63. The maximum absolute atomic E-state index is 12.9. The Morgan fingerprint density at radius 1 is 1.14 bits per heavy atom. The van der Waals surface area contributed by atoms with Gasteiger partial charge in [0, 0.05) is 25.2 Å². The van der Waals surface area contributed by atoms with E-state index in [2.05, 4.69) is 20.3 Å². The molecule has 8 nitrogen and oxygen atoms in total. The standard InChI is InChI=1S/C20H24N6O2/c1-13-14(2)22-19-9-16(3-4-18(19)21-13)20(28)25-7-5-15(6-8-25)10-26-11-17(12-27)23-24-26/h3-4,9,11,15,27H,5-8,10,12H2,1-2H3. The summed E-state index contributed by atoms with van der Waals surface area (Å²) < 4.78 is 1.78. The van der Waals surface area contributed by atoms with Crippen molar-refractivity contribution >= 4 is 16.9 Å². The van der Waals surface area contributed by atoms with Gasteiger partial charge in [0.25, 0.3) is 5.91 Å². The second-order valence-electron chi connectivity index (χ2n) is 7.42. The number of piperidine rings is 1. The molecule has 0 spiro atoms. The number of rotatable bonds is 4. The molecule has 146 valence electrons. The second kappa shape index (κ2) is 7.63. The molecule has 1 saturated heterocycles. The van der Waals surface area contributed by atoms with Gasteiger partial charge in [-0.15, -0.1) is 5.10 Å². The third-order valence-corrected chi connectivity index (χ3v) is 5.42. The lowest BCUT2D eigenvalue weighted by atomic mass is 9.96. The van der Waals surface area contributed by atoms with Gasteiger partial charge < -0.3 is 10.0 Å². The Hall–Kier alpha value is -2.87. The van der Waals surface area contributed by atoms with E-state index in [9.17, 15) is 4.79 Å². The number of aliphatic hydroxyl groups is 1. The Kier molecular flexibility index (Phi) is 5.04. The number of aliphatic hydroxyl groups excluding tert-OH is 1. The highest BCUT2D eigenvalue weighted by atomic mass is 16.3. The van der Waals surface area contributed by atoms with Gasteiger partial charge in [0.05, 0.1) is 35.2 Å². The predicted octanol–water partition coefficient (Wildman–Crippen LogP) is 1.88. The van der Waals surface area contributed by atoms with Crippen LogP contribution in [0.25, 0.3) is 11.0 Å². The summed E-state index contributed by atoms with van der Waals surface area (Å²) in [5.74, 6) is 0.495. The zero-order valence-corrected chi connectivity index (χ0v) is 16.2. The molecule has 0 atom stereocenters. The van der Waals surface area contributed by atoms with E-state index >= 15 is 0 Å². The molecule has 3 aromatic rings.